The number of unbranched alkanes of at least 4 members (excludes halogenated alkanes) is 2. The molecule has 3 fully saturated rings. The number of aliphatic hydroxyl groups is 1. The second kappa shape index (κ2) is 8.72. The van der Waals surface area contributed by atoms with E-state index in [1.807, 2.05) is 39.0 Å². The van der Waals surface area contributed by atoms with Crippen LogP contribution in [0.2, 0.25) is 0 Å². The van der Waals surface area contributed by atoms with Gasteiger partial charge in [-0.3, -0.25) is 14.4 Å². The van der Waals surface area contributed by atoms with Crippen molar-refractivity contribution in [2.75, 3.05) is 25.5 Å². The van der Waals surface area contributed by atoms with Gasteiger partial charge in [0, 0.05) is 25.9 Å². The van der Waals surface area contributed by atoms with Gasteiger partial charge in [0.2, 0.25) is 17.7 Å². The van der Waals surface area contributed by atoms with Crippen molar-refractivity contribution >= 4 is 23.4 Å². The molecule has 3 amide bonds. The lowest BCUT2D eigenvalue weighted by molar-refractivity contribution is -0.144. The second-order valence-corrected chi connectivity index (χ2v) is 9.97. The first-order chi connectivity index (χ1) is 15.7. The molecule has 1 spiro atoms. The zero-order chi connectivity index (χ0) is 24.0. The van der Waals surface area contributed by atoms with Crippen LogP contribution in [-0.4, -0.2) is 65.2 Å². The summed E-state index contributed by atoms with van der Waals surface area (Å²) in [5.74, 6) is -1.97. The third-order valence-corrected chi connectivity index (χ3v) is 7.76. The average molecular weight is 458 g/mol. The summed E-state index contributed by atoms with van der Waals surface area (Å²) < 4.78 is 6.54. The molecular weight excluding hydrogens is 422 g/mol. The first-order valence-corrected chi connectivity index (χ1v) is 11.9. The number of carbonyl (C=O) groups excluding carboxylic acids is 3. The Hall–Kier alpha value is -2.45. The van der Waals surface area contributed by atoms with Gasteiger partial charge >= 0.3 is 0 Å². The van der Waals surface area contributed by atoms with Crippen molar-refractivity contribution in [2.24, 2.45) is 11.8 Å². The maximum absolute atomic E-state index is 13.8. The van der Waals surface area contributed by atoms with Crippen LogP contribution in [0, 0.1) is 25.7 Å². The Balaban J connectivity index is 1.70. The zero-order valence-electron chi connectivity index (χ0n) is 19.9. The molecule has 3 heterocycles. The van der Waals surface area contributed by atoms with Gasteiger partial charge in [0.25, 0.3) is 0 Å². The summed E-state index contributed by atoms with van der Waals surface area (Å²) in [4.78, 5) is 42.0. The van der Waals surface area contributed by atoms with E-state index in [4.69, 9.17) is 9.84 Å². The van der Waals surface area contributed by atoms with Crippen LogP contribution >= 0.6 is 0 Å². The minimum atomic E-state index is -1.01. The van der Waals surface area contributed by atoms with Crippen molar-refractivity contribution in [3.63, 3.8) is 0 Å². The maximum Gasteiger partial charge on any atom is 0.250 e. The molecule has 0 saturated carbocycles. The number of aliphatic hydroxyl groups excluding tert-OH is 1. The lowest BCUT2D eigenvalue weighted by Gasteiger charge is -2.33. The molecule has 3 aliphatic heterocycles. The van der Waals surface area contributed by atoms with Crippen LogP contribution in [0.15, 0.2) is 18.2 Å². The quantitative estimate of drug-likeness (QED) is 0.517. The number of aryl methyl sites for hydroxylation is 2. The number of amides is 3. The van der Waals surface area contributed by atoms with E-state index in [1.165, 1.54) is 0 Å². The van der Waals surface area contributed by atoms with Gasteiger partial charge in [-0.2, -0.15) is 0 Å². The van der Waals surface area contributed by atoms with E-state index in [0.717, 1.165) is 17.5 Å². The summed E-state index contributed by atoms with van der Waals surface area (Å²) in [6.45, 7) is 6.27. The highest BCUT2D eigenvalue weighted by atomic mass is 16.5. The highest BCUT2D eigenvalue weighted by molar-refractivity contribution is 6.04. The number of carbonyl (C=O) groups is 3. The predicted molar refractivity (Wildman–Crippen MR) is 123 cm³/mol. The Labute approximate surface area is 195 Å². The van der Waals surface area contributed by atoms with Gasteiger partial charge in [-0.15, -0.1) is 0 Å². The fraction of sp³-hybridized carbons (Fsp3) is 0.640. The van der Waals surface area contributed by atoms with Crippen LogP contribution in [0.25, 0.3) is 0 Å². The number of fused-ring (bicyclic) bond motifs is 1. The minimum Gasteiger partial charge on any atom is -0.396 e. The normalized spacial score (nSPS) is 32.2. The third-order valence-electron chi connectivity index (χ3n) is 7.76. The Morgan fingerprint density at radius 2 is 1.94 bits per heavy atom. The molecule has 3 aliphatic rings. The molecule has 2 unspecified atom stereocenters. The Morgan fingerprint density at radius 1 is 1.18 bits per heavy atom. The molecule has 0 aliphatic carbocycles. The number of nitrogens with zero attached hydrogens (tertiary/aromatic N) is 1. The van der Waals surface area contributed by atoms with Crippen LogP contribution in [-0.2, 0) is 19.1 Å². The molecule has 0 radical (unpaired) electrons. The molecule has 0 aromatic heterocycles. The molecular formula is C25H35N3O5. The van der Waals surface area contributed by atoms with Gasteiger partial charge in [0.15, 0.2) is 0 Å². The van der Waals surface area contributed by atoms with Gasteiger partial charge < -0.3 is 25.4 Å². The summed E-state index contributed by atoms with van der Waals surface area (Å²) in [6.07, 6.45) is 3.25. The average Bonchev–Trinajstić information content (AvgIpc) is 3.34. The topological polar surface area (TPSA) is 108 Å². The SMILES string of the molecule is CNC(=O)[C@H]1[C@H]2C(=O)N(CCCCCO)C(C(=O)Nc3cc(C)ccc3C)C23CC[C@]1(C)O3. The number of hydrogen-bond acceptors (Lipinski definition) is 5. The van der Waals surface area contributed by atoms with Gasteiger partial charge in [0.1, 0.15) is 11.6 Å². The standard InChI is InChI=1S/C25H35N3O5/c1-15-8-9-16(2)17(14-15)27-22(31)20-25-11-10-24(3,33-25)18(21(30)26-4)19(25)23(32)28(20)12-6-5-7-13-29/h8-9,14,18-20,29H,5-7,10-13H2,1-4H3,(H,26,30)(H,27,31)/t18-,19+,20?,24+,25?/m1/s1. The van der Waals surface area contributed by atoms with Gasteiger partial charge in [-0.25, -0.2) is 0 Å². The molecule has 3 saturated heterocycles. The lowest BCUT2D eigenvalue weighted by atomic mass is 9.66. The van der Waals surface area contributed by atoms with E-state index < -0.39 is 29.1 Å². The molecule has 8 nitrogen and oxygen atoms in total. The fourth-order valence-corrected chi connectivity index (χ4v) is 6.17. The maximum atomic E-state index is 13.8. The molecule has 33 heavy (non-hydrogen) atoms. The highest BCUT2D eigenvalue weighted by Gasteiger charge is 2.77. The van der Waals surface area contributed by atoms with E-state index in [9.17, 15) is 14.4 Å². The summed E-state index contributed by atoms with van der Waals surface area (Å²) >= 11 is 0. The number of benzene rings is 1. The van der Waals surface area contributed by atoms with E-state index in [2.05, 4.69) is 10.6 Å². The first kappa shape index (κ1) is 23.7. The molecule has 1 aromatic rings. The molecule has 5 atom stereocenters. The number of likely N-dealkylation sites (tertiary alicyclic amines) is 1. The van der Waals surface area contributed by atoms with Gasteiger partial charge in [-0.1, -0.05) is 12.1 Å². The van der Waals surface area contributed by atoms with Crippen molar-refractivity contribution in [3.05, 3.63) is 29.3 Å². The summed E-state index contributed by atoms with van der Waals surface area (Å²) in [6, 6.07) is 5.06. The van der Waals surface area contributed by atoms with Crippen molar-refractivity contribution < 1.29 is 24.2 Å². The molecule has 4 rings (SSSR count). The Morgan fingerprint density at radius 3 is 2.64 bits per heavy atom. The van der Waals surface area contributed by atoms with E-state index >= 15 is 0 Å². The van der Waals surface area contributed by atoms with Crippen LogP contribution < -0.4 is 10.6 Å². The van der Waals surface area contributed by atoms with E-state index in [-0.39, 0.29) is 24.3 Å². The summed E-state index contributed by atoms with van der Waals surface area (Å²) in [7, 11) is 1.57. The Bertz CT molecular complexity index is 965. The molecule has 3 N–H and O–H groups in total. The molecule has 2 bridgehead atoms. The molecule has 180 valence electrons. The highest BCUT2D eigenvalue weighted by Crippen LogP contribution is 2.63. The zero-order valence-corrected chi connectivity index (χ0v) is 19.9. The lowest BCUT2D eigenvalue weighted by Crippen LogP contribution is -2.53. The second-order valence-electron chi connectivity index (χ2n) is 9.97. The summed E-state index contributed by atoms with van der Waals surface area (Å²) in [5, 5.41) is 14.9. The molecule has 1 aromatic carbocycles. The number of ether oxygens (including phenoxy) is 1. The van der Waals surface area contributed by atoms with Crippen molar-refractivity contribution in [1.82, 2.24) is 10.2 Å². The van der Waals surface area contributed by atoms with E-state index in [0.29, 0.717) is 37.9 Å². The van der Waals surface area contributed by atoms with Gasteiger partial charge in [-0.05, 0) is 70.1 Å². The van der Waals surface area contributed by atoms with E-state index in [1.54, 1.807) is 11.9 Å². The van der Waals surface area contributed by atoms with Crippen LogP contribution in [0.1, 0.15) is 50.2 Å². The first-order valence-electron chi connectivity index (χ1n) is 11.9. The van der Waals surface area contributed by atoms with Crippen LogP contribution in [0.5, 0.6) is 0 Å². The largest absolute Gasteiger partial charge is 0.396 e. The smallest absolute Gasteiger partial charge is 0.250 e. The van der Waals surface area contributed by atoms with Gasteiger partial charge in [0.05, 0.1) is 17.4 Å². The van der Waals surface area contributed by atoms with Crippen LogP contribution in [0.4, 0.5) is 5.69 Å². The number of anilines is 1. The summed E-state index contributed by atoms with van der Waals surface area (Å²) in [5.41, 5.74) is 0.909. The predicted octanol–water partition coefficient (Wildman–Crippen LogP) is 1.92. The monoisotopic (exact) mass is 457 g/mol. The van der Waals surface area contributed by atoms with Crippen molar-refractivity contribution in [2.45, 2.75) is 70.1 Å². The van der Waals surface area contributed by atoms with Crippen molar-refractivity contribution in [1.29, 1.82) is 0 Å². The number of rotatable bonds is 8. The molecule has 8 heteroatoms. The minimum absolute atomic E-state index is 0.0945. The number of nitrogens with one attached hydrogen (secondary N) is 2. The number of hydrogen-bond donors (Lipinski definition) is 3. The fourth-order valence-electron chi connectivity index (χ4n) is 6.17. The Kier molecular flexibility index (Phi) is 6.26. The van der Waals surface area contributed by atoms with Crippen molar-refractivity contribution in [3.8, 4) is 0 Å². The van der Waals surface area contributed by atoms with Crippen LogP contribution in [0.3, 0.4) is 0 Å². The third kappa shape index (κ3) is 3.73.